The molecular weight excluding hydrogens is 214 g/mol. The predicted molar refractivity (Wildman–Crippen MR) is 66.8 cm³/mol. The zero-order chi connectivity index (χ0) is 12.5. The Bertz CT molecular complexity index is 407. The van der Waals surface area contributed by atoms with Crippen LogP contribution in [0.15, 0.2) is 30.3 Å². The highest BCUT2D eigenvalue weighted by atomic mass is 16.4. The van der Waals surface area contributed by atoms with Crippen molar-refractivity contribution in [2.75, 3.05) is 6.54 Å². The van der Waals surface area contributed by atoms with Crippen molar-refractivity contribution in [3.8, 4) is 0 Å². The van der Waals surface area contributed by atoms with Gasteiger partial charge >= 0.3 is 5.97 Å². The van der Waals surface area contributed by atoms with Gasteiger partial charge in [0.2, 0.25) is 0 Å². The molecule has 1 aliphatic carbocycles. The number of aliphatic carboxylic acids is 1. The van der Waals surface area contributed by atoms with Crippen LogP contribution in [0, 0.1) is 5.41 Å². The Morgan fingerprint density at radius 2 is 1.94 bits per heavy atom. The van der Waals surface area contributed by atoms with Crippen LogP contribution in [0.3, 0.4) is 0 Å². The Kier molecular flexibility index (Phi) is 2.96. The summed E-state index contributed by atoms with van der Waals surface area (Å²) in [7, 11) is 0. The van der Waals surface area contributed by atoms with E-state index in [1.165, 1.54) is 5.56 Å². The van der Waals surface area contributed by atoms with Crippen LogP contribution in [0.25, 0.3) is 0 Å². The highest BCUT2D eigenvalue weighted by Gasteiger charge is 2.52. The van der Waals surface area contributed by atoms with E-state index in [0.717, 1.165) is 12.8 Å². The maximum Gasteiger partial charge on any atom is 0.303 e. The maximum absolute atomic E-state index is 10.9. The molecule has 1 aliphatic rings. The van der Waals surface area contributed by atoms with Crippen LogP contribution in [-0.2, 0) is 10.2 Å². The van der Waals surface area contributed by atoms with E-state index >= 15 is 0 Å². The minimum absolute atomic E-state index is 0.0933. The van der Waals surface area contributed by atoms with Crippen LogP contribution in [0.5, 0.6) is 0 Å². The zero-order valence-corrected chi connectivity index (χ0v) is 10.1. The first kappa shape index (κ1) is 12.1. The summed E-state index contributed by atoms with van der Waals surface area (Å²) < 4.78 is 0. The Morgan fingerprint density at radius 1 is 1.35 bits per heavy atom. The van der Waals surface area contributed by atoms with Gasteiger partial charge in [-0.25, -0.2) is 0 Å². The normalized spacial score (nSPS) is 31.9. The van der Waals surface area contributed by atoms with Crippen LogP contribution in [-0.4, -0.2) is 17.6 Å². The summed E-state index contributed by atoms with van der Waals surface area (Å²) in [5, 5.41) is 8.93. The van der Waals surface area contributed by atoms with Crippen molar-refractivity contribution < 1.29 is 9.90 Å². The van der Waals surface area contributed by atoms with Gasteiger partial charge in [-0.15, -0.1) is 0 Å². The van der Waals surface area contributed by atoms with E-state index in [1.54, 1.807) is 0 Å². The van der Waals surface area contributed by atoms with E-state index in [-0.39, 0.29) is 17.3 Å². The van der Waals surface area contributed by atoms with Crippen molar-refractivity contribution in [3.05, 3.63) is 35.9 Å². The molecule has 0 radical (unpaired) electrons. The number of benzene rings is 1. The molecule has 92 valence electrons. The molecule has 3 heteroatoms. The molecule has 1 aromatic carbocycles. The van der Waals surface area contributed by atoms with Crippen LogP contribution in [0.4, 0.5) is 0 Å². The topological polar surface area (TPSA) is 63.3 Å². The van der Waals surface area contributed by atoms with Gasteiger partial charge in [-0.3, -0.25) is 4.79 Å². The summed E-state index contributed by atoms with van der Waals surface area (Å²) in [6.07, 6.45) is 1.92. The Morgan fingerprint density at radius 3 is 2.41 bits per heavy atom. The quantitative estimate of drug-likeness (QED) is 0.837. The molecule has 0 saturated heterocycles. The molecule has 0 aromatic heterocycles. The monoisotopic (exact) mass is 233 g/mol. The lowest BCUT2D eigenvalue weighted by Crippen LogP contribution is -2.52. The number of nitrogens with two attached hydrogens (primary N) is 1. The summed E-state index contributed by atoms with van der Waals surface area (Å²) in [6, 6.07) is 10.3. The van der Waals surface area contributed by atoms with Gasteiger partial charge in [0.05, 0.1) is 6.42 Å². The van der Waals surface area contributed by atoms with Gasteiger partial charge in [0, 0.05) is 0 Å². The number of hydrogen-bond acceptors (Lipinski definition) is 2. The van der Waals surface area contributed by atoms with E-state index in [9.17, 15) is 4.79 Å². The van der Waals surface area contributed by atoms with Crippen molar-refractivity contribution in [1.29, 1.82) is 0 Å². The highest BCUT2D eigenvalue weighted by Crippen LogP contribution is 2.56. The Labute approximate surface area is 102 Å². The van der Waals surface area contributed by atoms with Crippen molar-refractivity contribution in [2.24, 2.45) is 11.1 Å². The molecule has 3 N–H and O–H groups in total. The fraction of sp³-hybridized carbons (Fsp3) is 0.500. The maximum atomic E-state index is 10.9. The standard InChI is InChI=1S/C14H19NO2/c1-13(11-5-3-2-4-6-11)8-14(9-13,10-15)7-12(16)17/h2-6H,7-10,15H2,1H3,(H,16,17). The summed E-state index contributed by atoms with van der Waals surface area (Å²) in [6.45, 7) is 2.65. The second kappa shape index (κ2) is 4.15. The number of carboxylic acid groups (broad SMARTS) is 1. The third kappa shape index (κ3) is 2.20. The van der Waals surface area contributed by atoms with Crippen molar-refractivity contribution >= 4 is 5.97 Å². The summed E-state index contributed by atoms with van der Waals surface area (Å²) in [5.41, 5.74) is 6.93. The molecule has 0 spiro atoms. The SMILES string of the molecule is CC1(c2ccccc2)CC(CN)(CC(=O)O)C1. The second-order valence-corrected chi connectivity index (χ2v) is 5.55. The fourth-order valence-corrected chi connectivity index (χ4v) is 3.31. The molecule has 17 heavy (non-hydrogen) atoms. The lowest BCUT2D eigenvalue weighted by atomic mass is 9.50. The number of hydrogen-bond donors (Lipinski definition) is 2. The molecule has 0 unspecified atom stereocenters. The summed E-state index contributed by atoms with van der Waals surface area (Å²) in [5.74, 6) is -0.745. The second-order valence-electron chi connectivity index (χ2n) is 5.55. The third-order valence-electron chi connectivity index (χ3n) is 3.96. The first-order valence-electron chi connectivity index (χ1n) is 5.97. The number of rotatable bonds is 4. The zero-order valence-electron chi connectivity index (χ0n) is 10.1. The van der Waals surface area contributed by atoms with Crippen LogP contribution < -0.4 is 5.73 Å². The molecule has 1 saturated carbocycles. The minimum Gasteiger partial charge on any atom is -0.481 e. The van der Waals surface area contributed by atoms with E-state index in [4.69, 9.17) is 10.8 Å². The average Bonchev–Trinajstić information content (AvgIpc) is 2.27. The van der Waals surface area contributed by atoms with Gasteiger partial charge in [-0.05, 0) is 35.8 Å². The van der Waals surface area contributed by atoms with E-state index in [0.29, 0.717) is 6.54 Å². The largest absolute Gasteiger partial charge is 0.481 e. The van der Waals surface area contributed by atoms with Crippen molar-refractivity contribution in [1.82, 2.24) is 0 Å². The fourth-order valence-electron chi connectivity index (χ4n) is 3.31. The van der Waals surface area contributed by atoms with Crippen molar-refractivity contribution in [3.63, 3.8) is 0 Å². The molecule has 1 fully saturated rings. The molecule has 0 amide bonds. The first-order chi connectivity index (χ1) is 8.00. The number of carboxylic acids is 1. The van der Waals surface area contributed by atoms with Crippen molar-refractivity contribution in [2.45, 2.75) is 31.6 Å². The van der Waals surface area contributed by atoms with Gasteiger partial charge in [0.25, 0.3) is 0 Å². The van der Waals surface area contributed by atoms with Gasteiger partial charge < -0.3 is 10.8 Å². The molecule has 2 rings (SSSR count). The molecule has 3 nitrogen and oxygen atoms in total. The average molecular weight is 233 g/mol. The minimum atomic E-state index is -0.745. The molecule has 0 bridgehead atoms. The molecule has 1 aromatic rings. The predicted octanol–water partition coefficient (Wildman–Crippen LogP) is 2.16. The first-order valence-corrected chi connectivity index (χ1v) is 5.97. The van der Waals surface area contributed by atoms with Crippen LogP contribution in [0.2, 0.25) is 0 Å². The van der Waals surface area contributed by atoms with Gasteiger partial charge in [0.1, 0.15) is 0 Å². The van der Waals surface area contributed by atoms with Gasteiger partial charge in [-0.2, -0.15) is 0 Å². The Balaban J connectivity index is 2.12. The summed E-state index contributed by atoms with van der Waals surface area (Å²) in [4.78, 5) is 10.9. The lowest BCUT2D eigenvalue weighted by Gasteiger charge is -2.54. The smallest absolute Gasteiger partial charge is 0.303 e. The Hall–Kier alpha value is -1.35. The van der Waals surface area contributed by atoms with E-state index < -0.39 is 5.97 Å². The molecular formula is C14H19NO2. The number of carbonyl (C=O) groups is 1. The van der Waals surface area contributed by atoms with E-state index in [2.05, 4.69) is 19.1 Å². The van der Waals surface area contributed by atoms with Crippen LogP contribution >= 0.6 is 0 Å². The third-order valence-corrected chi connectivity index (χ3v) is 3.96. The molecule has 0 aliphatic heterocycles. The molecule has 0 atom stereocenters. The highest BCUT2D eigenvalue weighted by molar-refractivity contribution is 5.68. The van der Waals surface area contributed by atoms with E-state index in [1.807, 2.05) is 18.2 Å². The lowest BCUT2D eigenvalue weighted by molar-refractivity contribution is -0.142. The molecule has 0 heterocycles. The van der Waals surface area contributed by atoms with Crippen LogP contribution in [0.1, 0.15) is 31.7 Å². The summed E-state index contributed by atoms with van der Waals surface area (Å²) >= 11 is 0. The van der Waals surface area contributed by atoms with Gasteiger partial charge in [0.15, 0.2) is 0 Å². The van der Waals surface area contributed by atoms with Gasteiger partial charge in [-0.1, -0.05) is 37.3 Å².